The van der Waals surface area contributed by atoms with Gasteiger partial charge in [-0.2, -0.15) is 5.10 Å². The second kappa shape index (κ2) is 3.56. The second-order valence-corrected chi connectivity index (χ2v) is 7.04. The summed E-state index contributed by atoms with van der Waals surface area (Å²) < 4.78 is 4.49. The predicted molar refractivity (Wildman–Crippen MR) is 77.8 cm³/mol. The van der Waals surface area contributed by atoms with Gasteiger partial charge in [0.25, 0.3) is 0 Å². The smallest absolute Gasteiger partial charge is 0.146 e. The third-order valence-corrected chi connectivity index (χ3v) is 4.89. The van der Waals surface area contributed by atoms with E-state index < -0.39 is 0 Å². The molecule has 4 heteroatoms. The highest BCUT2D eigenvalue weighted by atomic mass is 79.9. The van der Waals surface area contributed by atoms with Crippen molar-refractivity contribution >= 4 is 47.6 Å². The van der Waals surface area contributed by atoms with Crippen LogP contribution in [0, 0.1) is 0 Å². The van der Waals surface area contributed by atoms with E-state index in [1.165, 1.54) is 15.5 Å². The fourth-order valence-corrected chi connectivity index (χ4v) is 3.54. The summed E-state index contributed by atoms with van der Waals surface area (Å²) in [7, 11) is 0. The minimum absolute atomic E-state index is 0.0388. The summed E-state index contributed by atoms with van der Waals surface area (Å²) in [4.78, 5) is 1.11. The van der Waals surface area contributed by atoms with Crippen LogP contribution in [0.3, 0.4) is 0 Å². The number of benzene rings is 1. The van der Waals surface area contributed by atoms with Crippen LogP contribution in [0.25, 0.3) is 20.3 Å². The molecule has 0 radical (unpaired) electrons. The van der Waals surface area contributed by atoms with Crippen LogP contribution in [0.15, 0.2) is 28.9 Å². The van der Waals surface area contributed by atoms with Gasteiger partial charge in [0.15, 0.2) is 0 Å². The normalized spacial score (nSPS) is 12.7. The quantitative estimate of drug-likeness (QED) is 0.585. The molecule has 0 atom stereocenters. The molecule has 0 saturated heterocycles. The summed E-state index contributed by atoms with van der Waals surface area (Å²) in [6, 6.07) is 6.32. The van der Waals surface area contributed by atoms with Crippen LogP contribution >= 0.6 is 27.3 Å². The van der Waals surface area contributed by atoms with Crippen LogP contribution in [0.5, 0.6) is 0 Å². The lowest BCUT2D eigenvalue weighted by molar-refractivity contribution is 0.358. The molecule has 0 spiro atoms. The van der Waals surface area contributed by atoms with Crippen LogP contribution in [0.4, 0.5) is 0 Å². The Morgan fingerprint density at radius 3 is 2.71 bits per heavy atom. The Bertz CT molecular complexity index is 703. The van der Waals surface area contributed by atoms with Gasteiger partial charge in [0.05, 0.1) is 10.2 Å². The monoisotopic (exact) mass is 308 g/mol. The zero-order valence-corrected chi connectivity index (χ0v) is 12.4. The Hall–Kier alpha value is -0.870. The van der Waals surface area contributed by atoms with Crippen molar-refractivity contribution < 1.29 is 0 Å². The molecule has 88 valence electrons. The maximum absolute atomic E-state index is 4.68. The van der Waals surface area contributed by atoms with Crippen LogP contribution in [-0.4, -0.2) is 9.78 Å². The van der Waals surface area contributed by atoms with Crippen LogP contribution < -0.4 is 0 Å². The van der Waals surface area contributed by atoms with Gasteiger partial charge in [-0.1, -0.05) is 12.1 Å². The molecule has 0 amide bonds. The zero-order chi connectivity index (χ0) is 12.2. The molecule has 17 heavy (non-hydrogen) atoms. The highest BCUT2D eigenvalue weighted by Gasteiger charge is 2.17. The number of halogens is 1. The molecule has 3 aromatic rings. The van der Waals surface area contributed by atoms with Gasteiger partial charge in [0.1, 0.15) is 4.83 Å². The van der Waals surface area contributed by atoms with Gasteiger partial charge in [-0.25, -0.2) is 0 Å². The van der Waals surface area contributed by atoms with E-state index in [1.54, 1.807) is 11.3 Å². The number of hydrogen-bond acceptors (Lipinski definition) is 2. The Labute approximate surface area is 112 Å². The maximum atomic E-state index is 4.68. The number of fused-ring (bicyclic) bond motifs is 3. The van der Waals surface area contributed by atoms with Crippen molar-refractivity contribution in [3.63, 3.8) is 0 Å². The number of rotatable bonds is 0. The molecule has 0 bridgehead atoms. The standard InChI is InChI=1S/C13H13BrN2S/c1-13(2,3)16-7-9-8-5-4-6-10(14)11(8)17-12(9)15-16/h4-7H,1-3H3. The van der Waals surface area contributed by atoms with Gasteiger partial charge >= 0.3 is 0 Å². The van der Waals surface area contributed by atoms with Crippen LogP contribution in [0.2, 0.25) is 0 Å². The molecule has 1 aromatic carbocycles. The minimum Gasteiger partial charge on any atom is -0.265 e. The molecule has 0 unspecified atom stereocenters. The lowest BCUT2D eigenvalue weighted by Gasteiger charge is -2.18. The van der Waals surface area contributed by atoms with Crippen molar-refractivity contribution in [3.05, 3.63) is 28.9 Å². The Balaban J connectivity index is 2.36. The maximum Gasteiger partial charge on any atom is 0.146 e. The van der Waals surface area contributed by atoms with E-state index in [1.807, 2.05) is 0 Å². The average Bonchev–Trinajstić information content (AvgIpc) is 2.75. The van der Waals surface area contributed by atoms with Crippen molar-refractivity contribution in [2.24, 2.45) is 0 Å². The number of aromatic nitrogens is 2. The first-order chi connectivity index (χ1) is 7.97. The first-order valence-electron chi connectivity index (χ1n) is 5.54. The Morgan fingerprint density at radius 1 is 1.24 bits per heavy atom. The summed E-state index contributed by atoms with van der Waals surface area (Å²) in [5.41, 5.74) is 0.0388. The molecule has 3 rings (SSSR count). The first-order valence-corrected chi connectivity index (χ1v) is 7.14. The average molecular weight is 309 g/mol. The van der Waals surface area contributed by atoms with Crippen LogP contribution in [0.1, 0.15) is 20.8 Å². The lowest BCUT2D eigenvalue weighted by atomic mass is 10.1. The van der Waals surface area contributed by atoms with Gasteiger partial charge in [-0.3, -0.25) is 4.68 Å². The fourth-order valence-electron chi connectivity index (χ4n) is 1.88. The molecular formula is C13H13BrN2S. The molecule has 0 fully saturated rings. The lowest BCUT2D eigenvalue weighted by Crippen LogP contribution is -2.21. The topological polar surface area (TPSA) is 17.8 Å². The van der Waals surface area contributed by atoms with Gasteiger partial charge in [0, 0.05) is 21.4 Å². The second-order valence-electron chi connectivity index (χ2n) is 5.18. The van der Waals surface area contributed by atoms with Gasteiger partial charge in [0.2, 0.25) is 0 Å². The van der Waals surface area contributed by atoms with E-state index in [-0.39, 0.29) is 5.54 Å². The molecule has 2 nitrogen and oxygen atoms in total. The fraction of sp³-hybridized carbons (Fsp3) is 0.308. The molecule has 0 aliphatic carbocycles. The van der Waals surface area contributed by atoms with E-state index in [2.05, 4.69) is 70.9 Å². The summed E-state index contributed by atoms with van der Waals surface area (Å²) in [6.07, 6.45) is 2.15. The summed E-state index contributed by atoms with van der Waals surface area (Å²) in [5.74, 6) is 0. The largest absolute Gasteiger partial charge is 0.265 e. The van der Waals surface area contributed by atoms with Gasteiger partial charge < -0.3 is 0 Å². The van der Waals surface area contributed by atoms with E-state index >= 15 is 0 Å². The molecule has 0 aliphatic rings. The molecule has 0 N–H and O–H groups in total. The molecular weight excluding hydrogens is 296 g/mol. The minimum atomic E-state index is 0.0388. The highest BCUT2D eigenvalue weighted by Crippen LogP contribution is 2.37. The first kappa shape index (κ1) is 11.2. The van der Waals surface area contributed by atoms with Crippen molar-refractivity contribution in [2.75, 3.05) is 0 Å². The summed E-state index contributed by atoms with van der Waals surface area (Å²) >= 11 is 5.34. The number of hydrogen-bond donors (Lipinski definition) is 0. The molecule has 0 aliphatic heterocycles. The van der Waals surface area contributed by atoms with E-state index in [4.69, 9.17) is 0 Å². The number of thiophene rings is 1. The summed E-state index contributed by atoms with van der Waals surface area (Å²) in [5, 5.41) is 7.21. The number of nitrogens with zero attached hydrogens (tertiary/aromatic N) is 2. The Kier molecular flexibility index (Phi) is 2.35. The molecule has 2 aromatic heterocycles. The predicted octanol–water partition coefficient (Wildman–Crippen LogP) is 4.77. The van der Waals surface area contributed by atoms with Gasteiger partial charge in [-0.05, 0) is 42.8 Å². The molecule has 0 saturated carbocycles. The van der Waals surface area contributed by atoms with E-state index in [0.717, 1.165) is 9.30 Å². The van der Waals surface area contributed by atoms with Crippen molar-refractivity contribution in [3.8, 4) is 0 Å². The third-order valence-electron chi connectivity index (χ3n) is 2.82. The third kappa shape index (κ3) is 1.70. The van der Waals surface area contributed by atoms with E-state index in [0.29, 0.717) is 0 Å². The SMILES string of the molecule is CC(C)(C)n1cc2c(n1)sc1c(Br)cccc12. The van der Waals surface area contributed by atoms with Crippen molar-refractivity contribution in [1.82, 2.24) is 9.78 Å². The van der Waals surface area contributed by atoms with Crippen molar-refractivity contribution in [1.29, 1.82) is 0 Å². The zero-order valence-electron chi connectivity index (χ0n) is 9.99. The van der Waals surface area contributed by atoms with Gasteiger partial charge in [-0.15, -0.1) is 11.3 Å². The summed E-state index contributed by atoms with van der Waals surface area (Å²) in [6.45, 7) is 6.50. The van der Waals surface area contributed by atoms with Crippen molar-refractivity contribution in [2.45, 2.75) is 26.3 Å². The van der Waals surface area contributed by atoms with E-state index in [9.17, 15) is 0 Å². The highest BCUT2D eigenvalue weighted by molar-refractivity contribution is 9.10. The Morgan fingerprint density at radius 2 is 2.00 bits per heavy atom. The molecule has 2 heterocycles. The van der Waals surface area contributed by atoms with Crippen LogP contribution in [-0.2, 0) is 5.54 Å².